The monoisotopic (exact) mass is 404 g/mol. The Morgan fingerprint density at radius 2 is 1.93 bits per heavy atom. The Balaban J connectivity index is 1.99. The summed E-state index contributed by atoms with van der Waals surface area (Å²) in [5, 5.41) is 3.40. The molecule has 0 radical (unpaired) electrons. The third-order valence-electron chi connectivity index (χ3n) is 4.20. The summed E-state index contributed by atoms with van der Waals surface area (Å²) in [7, 11) is 1.53. The number of carbonyl (C=O) groups excluding carboxylic acids is 2. The minimum atomic E-state index is -0.736. The summed E-state index contributed by atoms with van der Waals surface area (Å²) < 4.78 is 11.0. The number of likely N-dealkylation sites (N-methyl/N-ethyl adjacent to an activating group) is 1. The van der Waals surface area contributed by atoms with E-state index in [0.717, 1.165) is 5.56 Å². The third kappa shape index (κ3) is 5.63. The van der Waals surface area contributed by atoms with Crippen LogP contribution in [0.2, 0.25) is 5.02 Å². The summed E-state index contributed by atoms with van der Waals surface area (Å²) in [6.45, 7) is 5.63. The van der Waals surface area contributed by atoms with Crippen LogP contribution in [0.15, 0.2) is 42.5 Å². The Morgan fingerprint density at radius 1 is 1.21 bits per heavy atom. The highest BCUT2D eigenvalue weighted by molar-refractivity contribution is 6.31. The molecular formula is C21H25ClN2O4. The second-order valence-corrected chi connectivity index (χ2v) is 6.68. The van der Waals surface area contributed by atoms with Gasteiger partial charge in [-0.2, -0.15) is 0 Å². The quantitative estimate of drug-likeness (QED) is 0.724. The number of hydrogen-bond donors (Lipinski definition) is 1. The van der Waals surface area contributed by atoms with Crippen LogP contribution in [0.1, 0.15) is 19.4 Å². The number of ether oxygens (including phenoxy) is 2. The maximum absolute atomic E-state index is 12.7. The van der Waals surface area contributed by atoms with Crippen LogP contribution in [0.5, 0.6) is 11.5 Å². The van der Waals surface area contributed by atoms with Gasteiger partial charge in [0.1, 0.15) is 11.5 Å². The van der Waals surface area contributed by atoms with E-state index >= 15 is 0 Å². The van der Waals surface area contributed by atoms with Crippen molar-refractivity contribution in [3.63, 3.8) is 0 Å². The molecule has 1 unspecified atom stereocenters. The Labute approximate surface area is 170 Å². The first-order valence-electron chi connectivity index (χ1n) is 9.00. The Hall–Kier alpha value is -2.73. The van der Waals surface area contributed by atoms with Crippen molar-refractivity contribution in [3.8, 4) is 11.5 Å². The predicted octanol–water partition coefficient (Wildman–Crippen LogP) is 3.91. The maximum Gasteiger partial charge on any atom is 0.263 e. The maximum atomic E-state index is 12.7. The molecule has 1 N–H and O–H groups in total. The highest BCUT2D eigenvalue weighted by Gasteiger charge is 2.23. The van der Waals surface area contributed by atoms with Gasteiger partial charge in [-0.05, 0) is 56.7 Å². The topological polar surface area (TPSA) is 67.9 Å². The molecule has 2 amide bonds. The van der Waals surface area contributed by atoms with E-state index in [1.165, 1.54) is 12.0 Å². The predicted molar refractivity (Wildman–Crippen MR) is 110 cm³/mol. The SMILES string of the molecule is CCN(CC(=O)Nc1ccccc1OC)C(=O)C(C)Oc1ccc(Cl)c(C)c1. The van der Waals surface area contributed by atoms with E-state index in [2.05, 4.69) is 5.32 Å². The number of rotatable bonds is 8. The molecule has 2 rings (SSSR count). The van der Waals surface area contributed by atoms with Crippen molar-refractivity contribution in [2.24, 2.45) is 0 Å². The zero-order valence-electron chi connectivity index (χ0n) is 16.5. The minimum absolute atomic E-state index is 0.0826. The lowest BCUT2D eigenvalue weighted by atomic mass is 10.2. The molecule has 1 atom stereocenters. The molecule has 6 nitrogen and oxygen atoms in total. The van der Waals surface area contributed by atoms with Gasteiger partial charge in [-0.3, -0.25) is 9.59 Å². The normalized spacial score (nSPS) is 11.5. The number of nitrogens with one attached hydrogen (secondary N) is 1. The molecule has 0 heterocycles. The van der Waals surface area contributed by atoms with Crippen LogP contribution in [-0.2, 0) is 9.59 Å². The Kier molecular flexibility index (Phi) is 7.70. The van der Waals surface area contributed by atoms with E-state index < -0.39 is 6.10 Å². The molecule has 0 aliphatic carbocycles. The number of carbonyl (C=O) groups is 2. The van der Waals surface area contributed by atoms with Gasteiger partial charge in [0.2, 0.25) is 5.91 Å². The number of methoxy groups -OCH3 is 1. The first-order valence-corrected chi connectivity index (χ1v) is 9.38. The molecule has 0 aromatic heterocycles. The third-order valence-corrected chi connectivity index (χ3v) is 4.62. The standard InChI is InChI=1S/C21H25ClN2O4/c1-5-24(13-20(25)23-18-8-6-7-9-19(18)27-4)21(26)15(3)28-16-10-11-17(22)14(2)12-16/h6-12,15H,5,13H2,1-4H3,(H,23,25). The molecule has 2 aromatic carbocycles. The van der Waals surface area contributed by atoms with E-state index in [9.17, 15) is 9.59 Å². The summed E-state index contributed by atoms with van der Waals surface area (Å²) in [6, 6.07) is 12.3. The molecule has 0 saturated heterocycles. The number of halogens is 1. The van der Waals surface area contributed by atoms with Gasteiger partial charge in [0, 0.05) is 11.6 Å². The second-order valence-electron chi connectivity index (χ2n) is 6.27. The molecule has 0 spiro atoms. The highest BCUT2D eigenvalue weighted by atomic mass is 35.5. The van der Waals surface area contributed by atoms with Crippen molar-refractivity contribution in [2.45, 2.75) is 26.9 Å². The lowest BCUT2D eigenvalue weighted by Crippen LogP contribution is -2.44. The molecular weight excluding hydrogens is 380 g/mol. The number of hydrogen-bond acceptors (Lipinski definition) is 4. The molecule has 28 heavy (non-hydrogen) atoms. The molecule has 0 saturated carbocycles. The Morgan fingerprint density at radius 3 is 2.57 bits per heavy atom. The molecule has 150 valence electrons. The lowest BCUT2D eigenvalue weighted by molar-refractivity contribution is -0.140. The van der Waals surface area contributed by atoms with Gasteiger partial charge in [0.25, 0.3) is 5.91 Å². The molecule has 7 heteroatoms. The van der Waals surface area contributed by atoms with Crippen molar-refractivity contribution in [1.82, 2.24) is 4.90 Å². The van der Waals surface area contributed by atoms with Crippen LogP contribution in [0.3, 0.4) is 0 Å². The summed E-state index contributed by atoms with van der Waals surface area (Å²) in [5.74, 6) is 0.525. The zero-order chi connectivity index (χ0) is 20.7. The molecule has 0 bridgehead atoms. The van der Waals surface area contributed by atoms with Gasteiger partial charge in [-0.1, -0.05) is 23.7 Å². The van der Waals surface area contributed by atoms with Gasteiger partial charge >= 0.3 is 0 Å². The minimum Gasteiger partial charge on any atom is -0.495 e. The number of aryl methyl sites for hydroxylation is 1. The van der Waals surface area contributed by atoms with Crippen LogP contribution in [0.25, 0.3) is 0 Å². The first kappa shape index (κ1) is 21.6. The number of amides is 2. The van der Waals surface area contributed by atoms with Crippen LogP contribution >= 0.6 is 11.6 Å². The van der Waals surface area contributed by atoms with Crippen LogP contribution < -0.4 is 14.8 Å². The fraction of sp³-hybridized carbons (Fsp3) is 0.333. The number of para-hydroxylation sites is 2. The summed E-state index contributed by atoms with van der Waals surface area (Å²) >= 11 is 6.01. The molecule has 0 aliphatic rings. The van der Waals surface area contributed by atoms with Crippen LogP contribution in [-0.4, -0.2) is 43.0 Å². The zero-order valence-corrected chi connectivity index (χ0v) is 17.2. The summed E-state index contributed by atoms with van der Waals surface area (Å²) in [5.41, 5.74) is 1.42. The number of nitrogens with zero attached hydrogens (tertiary/aromatic N) is 1. The van der Waals surface area contributed by atoms with E-state index in [1.54, 1.807) is 43.3 Å². The average Bonchev–Trinajstić information content (AvgIpc) is 2.68. The Bertz CT molecular complexity index is 841. The van der Waals surface area contributed by atoms with E-state index in [-0.39, 0.29) is 18.4 Å². The molecule has 0 aliphatic heterocycles. The van der Waals surface area contributed by atoms with Gasteiger partial charge in [0.05, 0.1) is 19.3 Å². The number of benzene rings is 2. The van der Waals surface area contributed by atoms with Crippen molar-refractivity contribution in [3.05, 3.63) is 53.1 Å². The van der Waals surface area contributed by atoms with Crippen molar-refractivity contribution >= 4 is 29.1 Å². The van der Waals surface area contributed by atoms with Crippen molar-refractivity contribution in [2.75, 3.05) is 25.5 Å². The van der Waals surface area contributed by atoms with Crippen molar-refractivity contribution < 1.29 is 19.1 Å². The summed E-state index contributed by atoms with van der Waals surface area (Å²) in [4.78, 5) is 26.6. The number of anilines is 1. The average molecular weight is 405 g/mol. The smallest absolute Gasteiger partial charge is 0.263 e. The fourth-order valence-corrected chi connectivity index (χ4v) is 2.78. The largest absolute Gasteiger partial charge is 0.495 e. The van der Waals surface area contributed by atoms with Gasteiger partial charge in [0.15, 0.2) is 6.10 Å². The van der Waals surface area contributed by atoms with Gasteiger partial charge < -0.3 is 19.7 Å². The van der Waals surface area contributed by atoms with E-state index in [0.29, 0.717) is 28.8 Å². The van der Waals surface area contributed by atoms with E-state index in [1.807, 2.05) is 19.9 Å². The van der Waals surface area contributed by atoms with Crippen LogP contribution in [0.4, 0.5) is 5.69 Å². The summed E-state index contributed by atoms with van der Waals surface area (Å²) in [6.07, 6.45) is -0.736. The van der Waals surface area contributed by atoms with Gasteiger partial charge in [-0.15, -0.1) is 0 Å². The van der Waals surface area contributed by atoms with Crippen LogP contribution in [0, 0.1) is 6.92 Å². The van der Waals surface area contributed by atoms with E-state index in [4.69, 9.17) is 21.1 Å². The second kappa shape index (κ2) is 9.99. The lowest BCUT2D eigenvalue weighted by Gasteiger charge is -2.24. The molecule has 0 fully saturated rings. The molecule has 2 aromatic rings. The van der Waals surface area contributed by atoms with Gasteiger partial charge in [-0.25, -0.2) is 0 Å². The highest BCUT2D eigenvalue weighted by Crippen LogP contribution is 2.23. The first-order chi connectivity index (χ1) is 13.3. The fourth-order valence-electron chi connectivity index (χ4n) is 2.66. The van der Waals surface area contributed by atoms with Crippen molar-refractivity contribution in [1.29, 1.82) is 0 Å².